The third-order valence-electron chi connectivity index (χ3n) is 6.86. The second-order valence-corrected chi connectivity index (χ2v) is 9.30. The lowest BCUT2D eigenvalue weighted by atomic mass is 9.90. The van der Waals surface area contributed by atoms with Crippen LogP contribution in [0, 0.1) is 16.0 Å². The average molecular weight is 483 g/mol. The van der Waals surface area contributed by atoms with E-state index in [0.29, 0.717) is 28.6 Å². The van der Waals surface area contributed by atoms with Crippen LogP contribution < -0.4 is 5.32 Å². The van der Waals surface area contributed by atoms with E-state index in [4.69, 9.17) is 4.99 Å². The Balaban J connectivity index is 1.46. The third kappa shape index (κ3) is 4.75. The van der Waals surface area contributed by atoms with Crippen LogP contribution in [0.1, 0.15) is 36.0 Å². The normalized spacial score (nSPS) is 19.2. The van der Waals surface area contributed by atoms with Crippen molar-refractivity contribution in [1.82, 2.24) is 4.90 Å². The number of non-ortho nitro benzene ring substituents is 1. The van der Waals surface area contributed by atoms with E-state index in [0.717, 1.165) is 31.5 Å². The fraction of sp³-hybridized carbons (Fsp3) is 0.250. The smallest absolute Gasteiger partial charge is 0.269 e. The van der Waals surface area contributed by atoms with Crippen LogP contribution in [-0.2, 0) is 16.0 Å². The molecule has 36 heavy (non-hydrogen) atoms. The van der Waals surface area contributed by atoms with Crippen LogP contribution in [-0.4, -0.2) is 40.4 Å². The van der Waals surface area contributed by atoms with Crippen LogP contribution in [0.2, 0.25) is 0 Å². The minimum Gasteiger partial charge on any atom is -0.343 e. The summed E-state index contributed by atoms with van der Waals surface area (Å²) in [7, 11) is 0. The number of nitro groups is 1. The number of rotatable bonds is 6. The highest BCUT2D eigenvalue weighted by molar-refractivity contribution is 6.24. The van der Waals surface area contributed by atoms with Gasteiger partial charge in [-0.15, -0.1) is 0 Å². The maximum atomic E-state index is 13.0. The van der Waals surface area contributed by atoms with Gasteiger partial charge in [-0.3, -0.25) is 24.7 Å². The molecule has 2 heterocycles. The van der Waals surface area contributed by atoms with Crippen molar-refractivity contribution in [2.24, 2.45) is 10.9 Å². The minimum absolute atomic E-state index is 0.0673. The van der Waals surface area contributed by atoms with Crippen molar-refractivity contribution in [2.45, 2.75) is 25.7 Å². The molecule has 8 nitrogen and oxygen atoms in total. The Morgan fingerprint density at radius 2 is 1.86 bits per heavy atom. The van der Waals surface area contributed by atoms with E-state index in [2.05, 4.69) is 5.32 Å². The van der Waals surface area contributed by atoms with Gasteiger partial charge in [0.2, 0.25) is 11.8 Å². The Kier molecular flexibility index (Phi) is 6.33. The Morgan fingerprint density at radius 3 is 2.53 bits per heavy atom. The lowest BCUT2D eigenvalue weighted by Crippen LogP contribution is -2.26. The highest BCUT2D eigenvalue weighted by Crippen LogP contribution is 2.38. The third-order valence-corrected chi connectivity index (χ3v) is 6.86. The first kappa shape index (κ1) is 23.4. The molecule has 0 bridgehead atoms. The van der Waals surface area contributed by atoms with E-state index >= 15 is 0 Å². The van der Waals surface area contributed by atoms with E-state index in [-0.39, 0.29) is 17.5 Å². The van der Waals surface area contributed by atoms with Gasteiger partial charge >= 0.3 is 0 Å². The van der Waals surface area contributed by atoms with Gasteiger partial charge in [-0.05, 0) is 48.1 Å². The Morgan fingerprint density at radius 1 is 1.11 bits per heavy atom. The molecule has 1 saturated heterocycles. The summed E-state index contributed by atoms with van der Waals surface area (Å²) in [6.45, 7) is 3.21. The summed E-state index contributed by atoms with van der Waals surface area (Å²) in [5.41, 5.74) is 4.22. The summed E-state index contributed by atoms with van der Waals surface area (Å²) in [5, 5.41) is 14.2. The number of nitrogens with one attached hydrogen (secondary N) is 1. The van der Waals surface area contributed by atoms with Crippen molar-refractivity contribution < 1.29 is 14.5 Å². The van der Waals surface area contributed by atoms with Crippen molar-refractivity contribution in [1.29, 1.82) is 0 Å². The van der Waals surface area contributed by atoms with Crippen LogP contribution in [0.3, 0.4) is 0 Å². The van der Waals surface area contributed by atoms with Crippen molar-refractivity contribution in [3.63, 3.8) is 0 Å². The van der Waals surface area contributed by atoms with Gasteiger partial charge in [0.25, 0.3) is 5.69 Å². The molecule has 0 aliphatic carbocycles. The second-order valence-electron chi connectivity index (χ2n) is 9.30. The second kappa shape index (κ2) is 9.73. The highest BCUT2D eigenvalue weighted by atomic mass is 16.6. The molecule has 0 aromatic heterocycles. The number of nitro benzene ring substituents is 1. The predicted octanol–water partition coefficient (Wildman–Crippen LogP) is 4.86. The number of aliphatic imine (C=N–C) groups is 1. The Labute approximate surface area is 208 Å². The lowest BCUT2D eigenvalue weighted by molar-refractivity contribution is -0.384. The Hall–Kier alpha value is -4.33. The fourth-order valence-corrected chi connectivity index (χ4v) is 5.00. The molecule has 2 atom stereocenters. The van der Waals surface area contributed by atoms with E-state index in [1.165, 1.54) is 17.7 Å². The number of amides is 2. The maximum absolute atomic E-state index is 13.0. The van der Waals surface area contributed by atoms with Crippen molar-refractivity contribution in [3.05, 3.63) is 99.6 Å². The van der Waals surface area contributed by atoms with Gasteiger partial charge in [0.15, 0.2) is 0 Å². The zero-order valence-corrected chi connectivity index (χ0v) is 19.9. The molecule has 2 amide bonds. The van der Waals surface area contributed by atoms with Crippen molar-refractivity contribution >= 4 is 34.6 Å². The maximum Gasteiger partial charge on any atom is 0.269 e. The molecule has 1 fully saturated rings. The van der Waals surface area contributed by atoms with Crippen LogP contribution in [0.4, 0.5) is 17.1 Å². The Bertz CT molecular complexity index is 1350. The molecular formula is C28H26N4O4. The van der Waals surface area contributed by atoms with Gasteiger partial charge in [0.05, 0.1) is 16.3 Å². The number of hydrogen-bond donors (Lipinski definition) is 1. The monoisotopic (exact) mass is 482 g/mol. The zero-order valence-electron chi connectivity index (χ0n) is 19.9. The van der Waals surface area contributed by atoms with E-state index < -0.39 is 10.8 Å². The number of hydrogen-bond acceptors (Lipinski definition) is 5. The van der Waals surface area contributed by atoms with E-state index in [9.17, 15) is 19.7 Å². The first-order valence-corrected chi connectivity index (χ1v) is 12.0. The lowest BCUT2D eigenvalue weighted by Gasteiger charge is -2.15. The summed E-state index contributed by atoms with van der Waals surface area (Å²) >= 11 is 0. The van der Waals surface area contributed by atoms with Gasteiger partial charge < -0.3 is 10.2 Å². The molecule has 3 aromatic rings. The van der Waals surface area contributed by atoms with E-state index in [1.807, 2.05) is 59.5 Å². The molecule has 8 heteroatoms. The number of carbonyl (C=O) groups excluding carboxylic acids is 2. The van der Waals surface area contributed by atoms with Crippen molar-refractivity contribution in [2.75, 3.05) is 18.4 Å². The van der Waals surface area contributed by atoms with Gasteiger partial charge in [0, 0.05) is 43.4 Å². The summed E-state index contributed by atoms with van der Waals surface area (Å²) in [6, 6.07) is 21.7. The molecule has 182 valence electrons. The fourth-order valence-electron chi connectivity index (χ4n) is 5.00. The topological polar surface area (TPSA) is 105 Å². The molecule has 1 N–H and O–H groups in total. The molecular weight excluding hydrogens is 456 g/mol. The van der Waals surface area contributed by atoms with Crippen LogP contribution in [0.25, 0.3) is 0 Å². The van der Waals surface area contributed by atoms with Gasteiger partial charge in [-0.1, -0.05) is 42.5 Å². The molecule has 0 radical (unpaired) electrons. The van der Waals surface area contributed by atoms with E-state index in [1.54, 1.807) is 13.0 Å². The van der Waals surface area contributed by atoms with Crippen molar-refractivity contribution in [3.8, 4) is 0 Å². The average Bonchev–Trinajstić information content (AvgIpc) is 3.47. The predicted molar refractivity (Wildman–Crippen MR) is 138 cm³/mol. The molecule has 5 rings (SSSR count). The summed E-state index contributed by atoms with van der Waals surface area (Å²) < 4.78 is 0. The number of likely N-dealkylation sites (tertiary alicyclic amines) is 1. The first-order valence-electron chi connectivity index (χ1n) is 12.0. The number of fused-ring (bicyclic) bond motifs is 1. The summed E-state index contributed by atoms with van der Waals surface area (Å²) in [6.07, 6.45) is 1.89. The van der Waals surface area contributed by atoms with Crippen LogP contribution >= 0.6 is 0 Å². The first-order chi connectivity index (χ1) is 17.4. The molecule has 2 unspecified atom stereocenters. The van der Waals surface area contributed by atoms with Gasteiger partial charge in [-0.25, -0.2) is 0 Å². The molecule has 3 aromatic carbocycles. The molecule has 0 spiro atoms. The molecule has 0 saturated carbocycles. The number of nitrogens with zero attached hydrogens (tertiary/aromatic N) is 3. The number of anilines is 1. The van der Waals surface area contributed by atoms with Gasteiger partial charge in [0.1, 0.15) is 5.92 Å². The number of carbonyl (C=O) groups is 2. The quantitative estimate of drug-likeness (QED) is 0.308. The highest BCUT2D eigenvalue weighted by Gasteiger charge is 2.36. The number of benzene rings is 3. The van der Waals surface area contributed by atoms with Gasteiger partial charge in [-0.2, -0.15) is 0 Å². The largest absolute Gasteiger partial charge is 0.343 e. The van der Waals surface area contributed by atoms with Crippen LogP contribution in [0.5, 0.6) is 0 Å². The van der Waals surface area contributed by atoms with Crippen LogP contribution in [0.15, 0.2) is 77.8 Å². The SMILES string of the molecule is CC(=O)N1CCC(Cc2ccc(N=C(c3ccccc3)C3C(=O)Nc4ccc([N+](=O)[O-])cc43)cc2)C1. The summed E-state index contributed by atoms with van der Waals surface area (Å²) in [5.74, 6) is -0.463. The standard InChI is InChI=1S/C28H26N4O4/c1-18(33)31-14-13-20(17-31)15-19-7-9-22(10-8-19)29-27(21-5-3-2-4-6-21)26-24-16-23(32(35)36)11-12-25(24)30-28(26)34/h2-12,16,20,26H,13-15,17H2,1H3,(H,30,34). The molecule has 2 aliphatic rings. The molecule has 2 aliphatic heterocycles. The minimum atomic E-state index is -0.766. The summed E-state index contributed by atoms with van der Waals surface area (Å²) in [4.78, 5) is 42.4. The zero-order chi connectivity index (χ0) is 25.2.